The molecule has 0 fully saturated rings. The molecule has 0 aliphatic carbocycles. The van der Waals surface area contributed by atoms with Crippen LogP contribution >= 0.6 is 11.6 Å². The highest BCUT2D eigenvalue weighted by atomic mass is 35.5. The maximum atomic E-state index is 11.4. The molecule has 1 N–H and O–H groups in total. The molecule has 0 aromatic rings. The van der Waals surface area contributed by atoms with Gasteiger partial charge in [0.2, 0.25) is 10.0 Å². The van der Waals surface area contributed by atoms with Crippen LogP contribution in [-0.4, -0.2) is 53.5 Å². The molecule has 0 saturated heterocycles. The number of hydrogen-bond acceptors (Lipinski definition) is 4. The number of halogens is 1. The molecule has 0 radical (unpaired) electrons. The summed E-state index contributed by atoms with van der Waals surface area (Å²) < 4.78 is 35.2. The molecular formula is C9H20ClNO4S. The van der Waals surface area contributed by atoms with E-state index in [2.05, 4.69) is 4.72 Å². The van der Waals surface area contributed by atoms with Crippen LogP contribution in [0.3, 0.4) is 0 Å². The van der Waals surface area contributed by atoms with Gasteiger partial charge in [-0.3, -0.25) is 0 Å². The normalized spacial score (nSPS) is 13.9. The predicted octanol–water partition coefficient (Wildman–Crippen LogP) is 0.444. The Morgan fingerprint density at radius 2 is 2.00 bits per heavy atom. The Kier molecular flexibility index (Phi) is 9.25. The van der Waals surface area contributed by atoms with Crippen LogP contribution in [0.4, 0.5) is 0 Å². The number of alkyl halides is 1. The minimum atomic E-state index is -3.23. The van der Waals surface area contributed by atoms with Crippen LogP contribution in [0, 0.1) is 5.92 Å². The number of nitrogens with one attached hydrogen (secondary N) is 1. The number of hydrogen-bond donors (Lipinski definition) is 1. The Hall–Kier alpha value is 0.120. The van der Waals surface area contributed by atoms with Gasteiger partial charge in [-0.2, -0.15) is 0 Å². The minimum Gasteiger partial charge on any atom is -0.382 e. The lowest BCUT2D eigenvalue weighted by Gasteiger charge is -2.10. The van der Waals surface area contributed by atoms with Gasteiger partial charge in [0.15, 0.2) is 0 Å². The fourth-order valence-electron chi connectivity index (χ4n) is 0.992. The molecule has 0 amide bonds. The smallest absolute Gasteiger partial charge is 0.211 e. The molecule has 5 nitrogen and oxygen atoms in total. The van der Waals surface area contributed by atoms with Gasteiger partial charge in [0.25, 0.3) is 0 Å². The number of rotatable bonds is 10. The summed E-state index contributed by atoms with van der Waals surface area (Å²) in [5, 5.41) is 0. The standard InChI is InChI=1S/C9H20ClNO4S/c1-9(7-10)8-16(12,13)11-3-4-15-6-5-14-2/h9,11H,3-8H2,1-2H3. The van der Waals surface area contributed by atoms with E-state index in [4.69, 9.17) is 21.1 Å². The minimum absolute atomic E-state index is 0.0476. The van der Waals surface area contributed by atoms with Gasteiger partial charge in [-0.15, -0.1) is 11.6 Å². The number of methoxy groups -OCH3 is 1. The van der Waals surface area contributed by atoms with E-state index in [9.17, 15) is 8.42 Å². The average molecular weight is 274 g/mol. The van der Waals surface area contributed by atoms with Crippen LogP contribution in [0.25, 0.3) is 0 Å². The highest BCUT2D eigenvalue weighted by molar-refractivity contribution is 7.89. The van der Waals surface area contributed by atoms with Crippen molar-refractivity contribution >= 4 is 21.6 Å². The van der Waals surface area contributed by atoms with Crippen LogP contribution < -0.4 is 4.72 Å². The zero-order valence-corrected chi connectivity index (χ0v) is 11.3. The zero-order chi connectivity index (χ0) is 12.4. The summed E-state index contributed by atoms with van der Waals surface area (Å²) in [5.41, 5.74) is 0. The predicted molar refractivity (Wildman–Crippen MR) is 64.4 cm³/mol. The second-order valence-corrected chi connectivity index (χ2v) is 5.70. The highest BCUT2D eigenvalue weighted by Gasteiger charge is 2.13. The summed E-state index contributed by atoms with van der Waals surface area (Å²) in [7, 11) is -1.65. The van der Waals surface area contributed by atoms with Crippen molar-refractivity contribution in [2.45, 2.75) is 6.92 Å². The molecule has 0 bridgehead atoms. The lowest BCUT2D eigenvalue weighted by molar-refractivity contribution is 0.0736. The molecule has 1 atom stereocenters. The van der Waals surface area contributed by atoms with Gasteiger partial charge in [-0.05, 0) is 5.92 Å². The SMILES string of the molecule is COCCOCCNS(=O)(=O)CC(C)CCl. The molecule has 0 saturated carbocycles. The lowest BCUT2D eigenvalue weighted by atomic mass is 10.3. The molecule has 0 aromatic carbocycles. The maximum absolute atomic E-state index is 11.4. The molecule has 0 spiro atoms. The lowest BCUT2D eigenvalue weighted by Crippen LogP contribution is -2.32. The largest absolute Gasteiger partial charge is 0.382 e. The van der Waals surface area contributed by atoms with E-state index in [1.807, 2.05) is 0 Å². The molecule has 0 aliphatic rings. The van der Waals surface area contributed by atoms with E-state index in [0.717, 1.165) is 0 Å². The zero-order valence-electron chi connectivity index (χ0n) is 9.74. The Morgan fingerprint density at radius 1 is 1.31 bits per heavy atom. The van der Waals surface area contributed by atoms with Gasteiger partial charge < -0.3 is 9.47 Å². The van der Waals surface area contributed by atoms with E-state index in [0.29, 0.717) is 25.7 Å². The monoisotopic (exact) mass is 273 g/mol. The van der Waals surface area contributed by atoms with Crippen molar-refractivity contribution in [3.8, 4) is 0 Å². The van der Waals surface area contributed by atoms with Gasteiger partial charge in [0.1, 0.15) is 0 Å². The van der Waals surface area contributed by atoms with Crippen molar-refractivity contribution in [2.75, 3.05) is 45.1 Å². The van der Waals surface area contributed by atoms with Crippen LogP contribution in [0.15, 0.2) is 0 Å². The molecular weight excluding hydrogens is 254 g/mol. The third kappa shape index (κ3) is 9.35. The van der Waals surface area contributed by atoms with Crippen LogP contribution in [0.1, 0.15) is 6.92 Å². The third-order valence-corrected chi connectivity index (χ3v) is 3.95. The van der Waals surface area contributed by atoms with E-state index in [-0.39, 0.29) is 18.2 Å². The van der Waals surface area contributed by atoms with Gasteiger partial charge in [-0.25, -0.2) is 13.1 Å². The van der Waals surface area contributed by atoms with Crippen molar-refractivity contribution in [1.82, 2.24) is 4.72 Å². The number of ether oxygens (including phenoxy) is 2. The summed E-state index contributed by atoms with van der Waals surface area (Å²) in [4.78, 5) is 0. The van der Waals surface area contributed by atoms with E-state index in [1.54, 1.807) is 14.0 Å². The van der Waals surface area contributed by atoms with Crippen molar-refractivity contribution < 1.29 is 17.9 Å². The van der Waals surface area contributed by atoms with Gasteiger partial charge in [-0.1, -0.05) is 6.92 Å². The fraction of sp³-hybridized carbons (Fsp3) is 1.00. The Bertz CT molecular complexity index is 258. The van der Waals surface area contributed by atoms with E-state index < -0.39 is 10.0 Å². The van der Waals surface area contributed by atoms with Crippen molar-refractivity contribution in [3.63, 3.8) is 0 Å². The van der Waals surface area contributed by atoms with Crippen molar-refractivity contribution in [3.05, 3.63) is 0 Å². The first-order valence-corrected chi connectivity index (χ1v) is 7.30. The molecule has 7 heteroatoms. The van der Waals surface area contributed by atoms with Crippen LogP contribution in [-0.2, 0) is 19.5 Å². The summed E-state index contributed by atoms with van der Waals surface area (Å²) >= 11 is 5.55. The topological polar surface area (TPSA) is 64.6 Å². The molecule has 16 heavy (non-hydrogen) atoms. The first-order chi connectivity index (χ1) is 7.52. The second-order valence-electron chi connectivity index (χ2n) is 3.54. The Labute approximate surface area is 102 Å². The van der Waals surface area contributed by atoms with Gasteiger partial charge >= 0.3 is 0 Å². The fourth-order valence-corrected chi connectivity index (χ4v) is 2.61. The van der Waals surface area contributed by atoms with E-state index in [1.165, 1.54) is 0 Å². The summed E-state index contributed by atoms with van der Waals surface area (Å²) in [6, 6.07) is 0. The van der Waals surface area contributed by atoms with Crippen molar-refractivity contribution in [2.24, 2.45) is 5.92 Å². The maximum Gasteiger partial charge on any atom is 0.211 e. The van der Waals surface area contributed by atoms with Gasteiger partial charge in [0, 0.05) is 19.5 Å². The van der Waals surface area contributed by atoms with Crippen LogP contribution in [0.5, 0.6) is 0 Å². The van der Waals surface area contributed by atoms with E-state index >= 15 is 0 Å². The highest BCUT2D eigenvalue weighted by Crippen LogP contribution is 2.01. The average Bonchev–Trinajstić information content (AvgIpc) is 2.22. The first-order valence-electron chi connectivity index (χ1n) is 5.12. The van der Waals surface area contributed by atoms with Crippen molar-refractivity contribution in [1.29, 1.82) is 0 Å². The quantitative estimate of drug-likeness (QED) is 0.464. The Morgan fingerprint density at radius 3 is 2.56 bits per heavy atom. The third-order valence-electron chi connectivity index (χ3n) is 1.77. The molecule has 0 aromatic heterocycles. The molecule has 0 aliphatic heterocycles. The molecule has 0 rings (SSSR count). The molecule has 0 heterocycles. The number of sulfonamides is 1. The summed E-state index contributed by atoms with van der Waals surface area (Å²) in [5.74, 6) is 0.341. The van der Waals surface area contributed by atoms with Gasteiger partial charge in [0.05, 0.1) is 25.6 Å². The Balaban J connectivity index is 3.59. The van der Waals surface area contributed by atoms with Crippen LogP contribution in [0.2, 0.25) is 0 Å². The molecule has 98 valence electrons. The summed E-state index contributed by atoms with van der Waals surface area (Å²) in [6.07, 6.45) is 0. The first kappa shape index (κ1) is 16.1. The summed E-state index contributed by atoms with van der Waals surface area (Å²) in [6.45, 7) is 3.40. The second kappa shape index (κ2) is 9.18. The molecule has 1 unspecified atom stereocenters.